The smallest absolute Gasteiger partial charge is 0.204 e. The van der Waals surface area contributed by atoms with Crippen molar-refractivity contribution in [2.75, 3.05) is 48.3 Å². The minimum Gasteiger partial charge on any atom is -0.504 e. The highest BCUT2D eigenvalue weighted by Crippen LogP contribution is 2.53. The highest BCUT2D eigenvalue weighted by molar-refractivity contribution is 5.63. The van der Waals surface area contributed by atoms with Crippen LogP contribution in [0.5, 0.6) is 40.2 Å². The van der Waals surface area contributed by atoms with Gasteiger partial charge in [-0.15, -0.1) is 0 Å². The molecule has 4 atom stereocenters. The van der Waals surface area contributed by atoms with Gasteiger partial charge >= 0.3 is 0 Å². The maximum Gasteiger partial charge on any atom is 0.204 e. The fourth-order valence-electron chi connectivity index (χ4n) is 4.98. The second-order valence-electron chi connectivity index (χ2n) is 9.52. The van der Waals surface area contributed by atoms with E-state index in [4.69, 9.17) is 28.4 Å². The van der Waals surface area contributed by atoms with E-state index in [-0.39, 0.29) is 42.0 Å². The van der Waals surface area contributed by atoms with Crippen LogP contribution >= 0.6 is 0 Å². The van der Waals surface area contributed by atoms with Gasteiger partial charge in [0.2, 0.25) is 5.75 Å². The highest BCUT2D eigenvalue weighted by Gasteiger charge is 2.39. The molecule has 42 heavy (non-hydrogen) atoms. The molecule has 0 radical (unpaired) electrons. The molecule has 0 fully saturated rings. The largest absolute Gasteiger partial charge is 0.504 e. The molecule has 11 heteroatoms. The Balaban J connectivity index is 1.69. The standard InChI is InChI=1S/C31H36O11/c1-37-23-12-18(7-8-22(23)35)28(36)27(16-34)41-31-25(39-3)13-19(14-26(31)40-4)29-21(15-33)20-10-17(6-5-9-32)11-24(38-2)30(20)42-29/h5-8,10-14,21,27-29,32-36H,9,15-16H2,1-4H3/t21-,27-,28+,29+/m1/s1. The van der Waals surface area contributed by atoms with E-state index in [0.717, 1.165) is 11.1 Å². The number of ether oxygens (including phenoxy) is 6. The lowest BCUT2D eigenvalue weighted by Crippen LogP contribution is -2.29. The Kier molecular flexibility index (Phi) is 10.0. The van der Waals surface area contributed by atoms with Crippen molar-refractivity contribution in [3.8, 4) is 40.2 Å². The lowest BCUT2D eigenvalue weighted by atomic mass is 9.90. The number of aliphatic hydroxyl groups excluding tert-OH is 4. The van der Waals surface area contributed by atoms with Crippen LogP contribution in [-0.2, 0) is 0 Å². The molecule has 0 aliphatic carbocycles. The van der Waals surface area contributed by atoms with Gasteiger partial charge in [-0.2, -0.15) is 0 Å². The molecule has 0 saturated heterocycles. The molecular formula is C31H36O11. The van der Waals surface area contributed by atoms with Gasteiger partial charge in [0.15, 0.2) is 40.6 Å². The zero-order chi connectivity index (χ0) is 30.4. The van der Waals surface area contributed by atoms with Gasteiger partial charge in [0.1, 0.15) is 12.2 Å². The van der Waals surface area contributed by atoms with Gasteiger partial charge in [-0.05, 0) is 47.5 Å². The Morgan fingerprint density at radius 2 is 1.52 bits per heavy atom. The number of hydrogen-bond donors (Lipinski definition) is 5. The fraction of sp³-hybridized carbons (Fsp3) is 0.355. The molecule has 3 aromatic rings. The van der Waals surface area contributed by atoms with Gasteiger partial charge in [0, 0.05) is 11.1 Å². The summed E-state index contributed by atoms with van der Waals surface area (Å²) in [5.74, 6) is 1.20. The Morgan fingerprint density at radius 3 is 2.10 bits per heavy atom. The number of rotatable bonds is 13. The Morgan fingerprint density at radius 1 is 0.857 bits per heavy atom. The molecule has 0 spiro atoms. The van der Waals surface area contributed by atoms with Crippen molar-refractivity contribution in [2.45, 2.75) is 24.2 Å². The van der Waals surface area contributed by atoms with E-state index >= 15 is 0 Å². The van der Waals surface area contributed by atoms with Crippen molar-refractivity contribution in [1.82, 2.24) is 0 Å². The molecule has 1 heterocycles. The maximum absolute atomic E-state index is 11.0. The van der Waals surface area contributed by atoms with Crippen molar-refractivity contribution in [2.24, 2.45) is 0 Å². The minimum absolute atomic E-state index is 0.0956. The van der Waals surface area contributed by atoms with Crippen LogP contribution < -0.4 is 28.4 Å². The first-order chi connectivity index (χ1) is 20.3. The Hall–Kier alpha value is -4.16. The molecule has 1 aliphatic heterocycles. The Bertz CT molecular complexity index is 1380. The third-order valence-electron chi connectivity index (χ3n) is 7.11. The average Bonchev–Trinajstić information content (AvgIpc) is 3.40. The van der Waals surface area contributed by atoms with E-state index in [0.29, 0.717) is 22.6 Å². The quantitative estimate of drug-likeness (QED) is 0.201. The summed E-state index contributed by atoms with van der Waals surface area (Å²) in [6.07, 6.45) is 0.275. The molecule has 4 rings (SSSR count). The van der Waals surface area contributed by atoms with E-state index in [1.165, 1.54) is 46.6 Å². The minimum atomic E-state index is -1.30. The normalized spacial score (nSPS) is 17.3. The van der Waals surface area contributed by atoms with E-state index in [1.807, 2.05) is 6.07 Å². The first-order valence-electron chi connectivity index (χ1n) is 13.2. The summed E-state index contributed by atoms with van der Waals surface area (Å²) in [7, 11) is 5.80. The van der Waals surface area contributed by atoms with E-state index in [2.05, 4.69) is 0 Å². The topological polar surface area (TPSA) is 157 Å². The molecule has 0 unspecified atom stereocenters. The summed E-state index contributed by atoms with van der Waals surface area (Å²) in [6, 6.07) is 11.3. The lowest BCUT2D eigenvalue weighted by molar-refractivity contribution is -0.00180. The van der Waals surface area contributed by atoms with E-state index in [1.54, 1.807) is 30.4 Å². The molecule has 226 valence electrons. The summed E-state index contributed by atoms with van der Waals surface area (Å²) in [5, 5.41) is 50.6. The third-order valence-corrected chi connectivity index (χ3v) is 7.11. The van der Waals surface area contributed by atoms with Crippen LogP contribution in [0.25, 0.3) is 6.08 Å². The van der Waals surface area contributed by atoms with Gasteiger partial charge in [0.05, 0.1) is 54.2 Å². The summed E-state index contributed by atoms with van der Waals surface area (Å²) in [4.78, 5) is 0. The first-order valence-corrected chi connectivity index (χ1v) is 13.2. The van der Waals surface area contributed by atoms with Gasteiger partial charge in [-0.3, -0.25) is 0 Å². The SMILES string of the molecule is COc1cc([C@H](O)[C@@H](CO)Oc2c(OC)cc([C@@H]3Oc4c(OC)cc(C=CCO)cc4[C@H]3CO)cc2OC)ccc1O. The van der Waals surface area contributed by atoms with E-state index in [9.17, 15) is 25.5 Å². The molecule has 11 nitrogen and oxygen atoms in total. The summed E-state index contributed by atoms with van der Waals surface area (Å²) in [5.41, 5.74) is 2.49. The molecule has 5 N–H and O–H groups in total. The van der Waals surface area contributed by atoms with Crippen LogP contribution in [0.1, 0.15) is 40.4 Å². The predicted octanol–water partition coefficient (Wildman–Crippen LogP) is 3.12. The fourth-order valence-corrected chi connectivity index (χ4v) is 4.98. The maximum atomic E-state index is 11.0. The zero-order valence-corrected chi connectivity index (χ0v) is 23.8. The summed E-state index contributed by atoms with van der Waals surface area (Å²) < 4.78 is 34.3. The number of phenolic OH excluding ortho intramolecular Hbond substituents is 1. The number of methoxy groups -OCH3 is 4. The number of phenols is 1. The number of hydrogen-bond acceptors (Lipinski definition) is 11. The molecule has 0 aromatic heterocycles. The second-order valence-corrected chi connectivity index (χ2v) is 9.52. The van der Waals surface area contributed by atoms with Crippen LogP contribution in [0.15, 0.2) is 48.5 Å². The van der Waals surface area contributed by atoms with Crippen molar-refractivity contribution in [3.63, 3.8) is 0 Å². The monoisotopic (exact) mass is 584 g/mol. The van der Waals surface area contributed by atoms with Crippen LogP contribution in [0.2, 0.25) is 0 Å². The molecule has 0 amide bonds. The van der Waals surface area contributed by atoms with Crippen molar-refractivity contribution in [1.29, 1.82) is 0 Å². The van der Waals surface area contributed by atoms with Gasteiger partial charge in [-0.1, -0.05) is 18.2 Å². The summed E-state index contributed by atoms with van der Waals surface area (Å²) in [6.45, 7) is -0.905. The summed E-state index contributed by atoms with van der Waals surface area (Å²) >= 11 is 0. The molecule has 0 saturated carbocycles. The second kappa shape index (κ2) is 13.7. The highest BCUT2D eigenvalue weighted by atomic mass is 16.6. The van der Waals surface area contributed by atoms with E-state index < -0.39 is 30.8 Å². The van der Waals surface area contributed by atoms with Crippen LogP contribution in [0, 0.1) is 0 Å². The molecule has 0 bridgehead atoms. The van der Waals surface area contributed by atoms with Crippen molar-refractivity contribution < 1.29 is 54.0 Å². The molecule has 3 aromatic carbocycles. The zero-order valence-electron chi connectivity index (χ0n) is 23.8. The van der Waals surface area contributed by atoms with Gasteiger partial charge < -0.3 is 54.0 Å². The third kappa shape index (κ3) is 6.04. The van der Waals surface area contributed by atoms with Crippen LogP contribution in [-0.4, -0.2) is 79.9 Å². The lowest BCUT2D eigenvalue weighted by Gasteiger charge is -2.26. The average molecular weight is 585 g/mol. The Labute approximate surface area is 243 Å². The van der Waals surface area contributed by atoms with Gasteiger partial charge in [0.25, 0.3) is 0 Å². The van der Waals surface area contributed by atoms with Gasteiger partial charge in [-0.25, -0.2) is 0 Å². The molecular weight excluding hydrogens is 548 g/mol. The predicted molar refractivity (Wildman–Crippen MR) is 153 cm³/mol. The van der Waals surface area contributed by atoms with Crippen molar-refractivity contribution in [3.05, 3.63) is 70.8 Å². The van der Waals surface area contributed by atoms with Crippen LogP contribution in [0.4, 0.5) is 0 Å². The molecule has 1 aliphatic rings. The van der Waals surface area contributed by atoms with Crippen LogP contribution in [0.3, 0.4) is 0 Å². The number of aromatic hydroxyl groups is 1. The number of benzene rings is 3. The number of aliphatic hydroxyl groups is 4. The van der Waals surface area contributed by atoms with Crippen molar-refractivity contribution >= 4 is 6.08 Å². The number of fused-ring (bicyclic) bond motifs is 1. The first kappa shape index (κ1) is 30.8.